The Labute approximate surface area is 353 Å². The third-order valence-electron chi connectivity index (χ3n) is 10.1. The molecule has 2 atom stereocenters. The van der Waals surface area contributed by atoms with Crippen LogP contribution in [-0.2, 0) is 45.1 Å². The summed E-state index contributed by atoms with van der Waals surface area (Å²) in [7, 11) is 5.89. The molecule has 1 heterocycles. The number of rotatable bonds is 16. The molecule has 13 nitrogen and oxygen atoms in total. The van der Waals surface area contributed by atoms with Gasteiger partial charge in [0.2, 0.25) is 23.6 Å². The van der Waals surface area contributed by atoms with Crippen LogP contribution in [-0.4, -0.2) is 73.2 Å². The minimum atomic E-state index is -1.36. The van der Waals surface area contributed by atoms with E-state index in [2.05, 4.69) is 10.6 Å². The molecular formula is C45H42F4N6O7. The summed E-state index contributed by atoms with van der Waals surface area (Å²) in [6.07, 6.45) is -0.626. The van der Waals surface area contributed by atoms with Gasteiger partial charge in [-0.3, -0.25) is 28.3 Å². The van der Waals surface area contributed by atoms with E-state index in [-0.39, 0.29) is 35.0 Å². The van der Waals surface area contributed by atoms with E-state index in [1.807, 2.05) is 0 Å². The molecule has 62 heavy (non-hydrogen) atoms. The molecule has 0 spiro atoms. The van der Waals surface area contributed by atoms with Gasteiger partial charge in [0.25, 0.3) is 0 Å². The summed E-state index contributed by atoms with van der Waals surface area (Å²) in [5, 5.41) is 5.23. The fraction of sp³-hybridized carbons (Fsp3) is 0.222. The number of carbonyl (C=O) groups is 4. The summed E-state index contributed by atoms with van der Waals surface area (Å²) >= 11 is 0. The zero-order chi connectivity index (χ0) is 44.7. The Morgan fingerprint density at radius 2 is 0.903 bits per heavy atom. The number of nitrogens with zero attached hydrogens (tertiary/aromatic N) is 4. The highest BCUT2D eigenvalue weighted by atomic mass is 19.1. The largest absolute Gasteiger partial charge is 0.497 e. The van der Waals surface area contributed by atoms with Gasteiger partial charge in [-0.15, -0.1) is 0 Å². The fourth-order valence-corrected chi connectivity index (χ4v) is 7.01. The van der Waals surface area contributed by atoms with Crippen LogP contribution in [0.25, 0.3) is 11.0 Å². The molecule has 0 aliphatic heterocycles. The van der Waals surface area contributed by atoms with Gasteiger partial charge in [0.1, 0.15) is 59.9 Å². The third-order valence-corrected chi connectivity index (χ3v) is 10.1. The molecule has 0 fully saturated rings. The highest BCUT2D eigenvalue weighted by Crippen LogP contribution is 2.22. The van der Waals surface area contributed by atoms with Crippen molar-refractivity contribution < 1.29 is 46.2 Å². The number of hydrogen-bond acceptors (Lipinski definition) is 7. The van der Waals surface area contributed by atoms with Crippen LogP contribution >= 0.6 is 0 Å². The first-order valence-electron chi connectivity index (χ1n) is 19.1. The molecule has 2 N–H and O–H groups in total. The highest BCUT2D eigenvalue weighted by Gasteiger charge is 2.29. The van der Waals surface area contributed by atoms with Gasteiger partial charge in [-0.2, -0.15) is 0 Å². The van der Waals surface area contributed by atoms with Gasteiger partial charge in [0.15, 0.2) is 0 Å². The Balaban J connectivity index is 1.25. The molecule has 0 radical (unpaired) electrons. The maximum absolute atomic E-state index is 14.2. The van der Waals surface area contributed by atoms with E-state index in [0.29, 0.717) is 35.0 Å². The van der Waals surface area contributed by atoms with E-state index in [9.17, 15) is 41.5 Å². The molecule has 0 saturated heterocycles. The highest BCUT2D eigenvalue weighted by molar-refractivity contribution is 6.00. The summed E-state index contributed by atoms with van der Waals surface area (Å²) in [4.78, 5) is 71.9. The molecular weight excluding hydrogens is 813 g/mol. The number of aromatic nitrogens is 2. The summed E-state index contributed by atoms with van der Waals surface area (Å²) < 4.78 is 69.4. The normalized spacial score (nSPS) is 12.0. The van der Waals surface area contributed by atoms with E-state index >= 15 is 0 Å². The van der Waals surface area contributed by atoms with Crippen molar-refractivity contribution in [2.75, 3.05) is 38.1 Å². The van der Waals surface area contributed by atoms with Crippen LogP contribution in [0.5, 0.6) is 11.5 Å². The van der Waals surface area contributed by atoms with Crippen molar-refractivity contribution in [1.29, 1.82) is 0 Å². The second kappa shape index (κ2) is 19.3. The molecule has 6 rings (SSSR count). The van der Waals surface area contributed by atoms with Gasteiger partial charge in [-0.05, 0) is 96.1 Å². The Kier molecular flexibility index (Phi) is 13.7. The SMILES string of the molecule is COc1ccc(N(C)C(=O)C(Cc2cc(F)cc(F)c2)NC(=O)Cn2c(=O)n(CC(=O)N[C@@H](Cc3cc(F)cc(F)c3)C(=O)N(C)c3ccc(OC)cc3)c3ccccc32)cc1. The third kappa shape index (κ3) is 10.5. The summed E-state index contributed by atoms with van der Waals surface area (Å²) in [5.74, 6) is -5.37. The van der Waals surface area contributed by atoms with Gasteiger partial charge in [0, 0.05) is 50.4 Å². The zero-order valence-electron chi connectivity index (χ0n) is 34.0. The first-order valence-corrected chi connectivity index (χ1v) is 19.1. The lowest BCUT2D eigenvalue weighted by Gasteiger charge is -2.25. The van der Waals surface area contributed by atoms with Crippen LogP contribution in [0.1, 0.15) is 11.1 Å². The molecule has 0 saturated carbocycles. The minimum Gasteiger partial charge on any atom is -0.497 e. The number of amides is 4. The number of benzene rings is 5. The number of fused-ring (bicyclic) bond motifs is 1. The molecule has 0 aliphatic rings. The first-order chi connectivity index (χ1) is 29.6. The molecule has 1 unspecified atom stereocenters. The number of methoxy groups -OCH3 is 2. The number of nitrogens with one attached hydrogen (secondary N) is 2. The quantitative estimate of drug-likeness (QED) is 0.128. The molecule has 0 aliphatic carbocycles. The smallest absolute Gasteiger partial charge is 0.330 e. The second-order valence-electron chi connectivity index (χ2n) is 14.3. The van der Waals surface area contributed by atoms with Crippen molar-refractivity contribution in [1.82, 2.24) is 19.8 Å². The van der Waals surface area contributed by atoms with Crippen LogP contribution in [0, 0.1) is 23.3 Å². The monoisotopic (exact) mass is 854 g/mol. The van der Waals surface area contributed by atoms with Crippen LogP contribution in [0.3, 0.4) is 0 Å². The minimum absolute atomic E-state index is 0.0820. The molecule has 0 bridgehead atoms. The number of imidazole rings is 1. The number of carbonyl (C=O) groups excluding carboxylic acids is 4. The summed E-state index contributed by atoms with van der Waals surface area (Å²) in [5.41, 5.74) is 0.709. The predicted octanol–water partition coefficient (Wildman–Crippen LogP) is 5.16. The van der Waals surface area contributed by atoms with Gasteiger partial charge in [0.05, 0.1) is 25.3 Å². The number of ether oxygens (including phenoxy) is 2. The van der Waals surface area contributed by atoms with Gasteiger partial charge in [-0.1, -0.05) is 12.1 Å². The first kappa shape index (κ1) is 44.1. The average molecular weight is 855 g/mol. The van der Waals surface area contributed by atoms with Crippen molar-refractivity contribution in [3.8, 4) is 11.5 Å². The standard InChI is InChI=1S/C45H42F4N6O7/c1-52(33-9-13-35(61-3)14-10-33)43(58)37(21-27-17-29(46)23-30(47)18-27)50-41(56)25-54-39-7-5-6-8-40(39)55(45(54)60)26-42(57)51-38(22-28-19-31(48)24-32(49)20-28)44(59)53(2)34-11-15-36(62-4)16-12-34/h5-20,23-24,37-38H,21-22,25-26H2,1-4H3,(H,50,56)(H,51,57)/t37-,38?/m0/s1. The van der Waals surface area contributed by atoms with E-state index in [4.69, 9.17) is 9.47 Å². The molecule has 17 heteroatoms. The van der Waals surface area contributed by atoms with Crippen molar-refractivity contribution >= 4 is 46.0 Å². The lowest BCUT2D eigenvalue weighted by atomic mass is 10.0. The Morgan fingerprint density at radius 3 is 1.23 bits per heavy atom. The van der Waals surface area contributed by atoms with Gasteiger partial charge in [-0.25, -0.2) is 22.4 Å². The summed E-state index contributed by atoms with van der Waals surface area (Å²) in [6.45, 7) is -1.28. The van der Waals surface area contributed by atoms with Crippen molar-refractivity contribution in [3.63, 3.8) is 0 Å². The van der Waals surface area contributed by atoms with Crippen LogP contribution < -0.4 is 35.6 Å². The number of likely N-dealkylation sites (N-methyl/N-ethyl adjacent to an activating group) is 2. The number of hydrogen-bond donors (Lipinski definition) is 2. The number of para-hydroxylation sites is 2. The predicted molar refractivity (Wildman–Crippen MR) is 223 cm³/mol. The van der Waals surface area contributed by atoms with Crippen molar-refractivity contribution in [2.45, 2.75) is 38.0 Å². The van der Waals surface area contributed by atoms with Gasteiger partial charge < -0.3 is 29.9 Å². The lowest BCUT2D eigenvalue weighted by molar-refractivity contribution is -0.128. The van der Waals surface area contributed by atoms with E-state index in [1.165, 1.54) is 38.1 Å². The fourth-order valence-electron chi connectivity index (χ4n) is 7.01. The maximum Gasteiger partial charge on any atom is 0.330 e. The van der Waals surface area contributed by atoms with Crippen molar-refractivity contribution in [3.05, 3.63) is 154 Å². The van der Waals surface area contributed by atoms with E-state index in [0.717, 1.165) is 33.4 Å². The second-order valence-corrected chi connectivity index (χ2v) is 14.3. The van der Waals surface area contributed by atoms with Crippen LogP contribution in [0.15, 0.2) is 114 Å². The molecule has 322 valence electrons. The Morgan fingerprint density at radius 1 is 0.565 bits per heavy atom. The molecule has 5 aromatic carbocycles. The lowest BCUT2D eigenvalue weighted by Crippen LogP contribution is -2.50. The Bertz CT molecular complexity index is 2450. The summed E-state index contributed by atoms with van der Waals surface area (Å²) in [6, 6.07) is 22.1. The number of halogens is 4. The zero-order valence-corrected chi connectivity index (χ0v) is 34.0. The van der Waals surface area contributed by atoms with Crippen LogP contribution in [0.4, 0.5) is 28.9 Å². The van der Waals surface area contributed by atoms with Gasteiger partial charge >= 0.3 is 5.69 Å². The molecule has 1 aromatic heterocycles. The number of anilines is 2. The van der Waals surface area contributed by atoms with E-state index in [1.54, 1.807) is 72.8 Å². The maximum atomic E-state index is 14.2. The van der Waals surface area contributed by atoms with E-state index < -0.39 is 77.8 Å². The average Bonchev–Trinajstić information content (AvgIpc) is 3.50. The molecule has 4 amide bonds. The Hall–Kier alpha value is -7.43. The van der Waals surface area contributed by atoms with Crippen molar-refractivity contribution in [2.24, 2.45) is 0 Å². The topological polar surface area (TPSA) is 144 Å². The molecule has 6 aromatic rings. The van der Waals surface area contributed by atoms with Crippen LogP contribution in [0.2, 0.25) is 0 Å².